The summed E-state index contributed by atoms with van der Waals surface area (Å²) in [5.74, 6) is -0.716. The van der Waals surface area contributed by atoms with E-state index in [0.717, 1.165) is 41.9 Å². The van der Waals surface area contributed by atoms with E-state index >= 15 is 0 Å². The molecule has 0 saturated heterocycles. The molecule has 1 aromatic heterocycles. The highest BCUT2D eigenvalue weighted by Crippen LogP contribution is 2.39. The fourth-order valence-corrected chi connectivity index (χ4v) is 4.99. The third-order valence-corrected chi connectivity index (χ3v) is 6.37. The zero-order valence-corrected chi connectivity index (χ0v) is 18.0. The van der Waals surface area contributed by atoms with Crippen LogP contribution < -0.4 is 15.4 Å². The Balaban J connectivity index is 1.61. The monoisotopic (exact) mass is 438 g/mol. The highest BCUT2D eigenvalue weighted by molar-refractivity contribution is 7.17. The Labute approximate surface area is 184 Å². The molecule has 2 aromatic carbocycles. The molecule has 1 aliphatic carbocycles. The Bertz CT molecular complexity index is 1110. The summed E-state index contributed by atoms with van der Waals surface area (Å²) in [4.78, 5) is 27.0. The number of hydrogen-bond donors (Lipinski definition) is 2. The van der Waals surface area contributed by atoms with Gasteiger partial charge in [-0.05, 0) is 74.6 Å². The number of aryl methyl sites for hydroxylation is 1. The second-order valence-electron chi connectivity index (χ2n) is 7.26. The standard InChI is InChI=1S/C24H23FN2O3S/c1-2-30-16-13-11-15(12-14-16)26-23(29)21-18-8-4-6-10-20(18)31-24(21)27-22(28)17-7-3-5-9-19(17)25/h3,5,7,9,11-14H,2,4,6,8,10H2,1H3,(H,26,29)(H,27,28). The number of anilines is 2. The molecule has 2 N–H and O–H groups in total. The first-order chi connectivity index (χ1) is 15.1. The van der Waals surface area contributed by atoms with Gasteiger partial charge in [-0.2, -0.15) is 0 Å². The molecular formula is C24H23FN2O3S. The average Bonchev–Trinajstić information content (AvgIpc) is 3.13. The number of hydrogen-bond acceptors (Lipinski definition) is 4. The summed E-state index contributed by atoms with van der Waals surface area (Å²) in [5.41, 5.74) is 2.03. The second-order valence-corrected chi connectivity index (χ2v) is 8.37. The van der Waals surface area contributed by atoms with Gasteiger partial charge in [0, 0.05) is 10.6 Å². The van der Waals surface area contributed by atoms with Gasteiger partial charge in [-0.25, -0.2) is 4.39 Å². The first-order valence-corrected chi connectivity index (χ1v) is 11.1. The molecule has 0 radical (unpaired) electrons. The third-order valence-electron chi connectivity index (χ3n) is 5.17. The van der Waals surface area contributed by atoms with Crippen LogP contribution in [0.2, 0.25) is 0 Å². The number of halogens is 1. The molecule has 0 aliphatic heterocycles. The van der Waals surface area contributed by atoms with Crippen LogP contribution in [0.25, 0.3) is 0 Å². The topological polar surface area (TPSA) is 67.4 Å². The van der Waals surface area contributed by atoms with E-state index in [1.807, 2.05) is 6.92 Å². The minimum Gasteiger partial charge on any atom is -0.494 e. The minimum absolute atomic E-state index is 0.0493. The maximum absolute atomic E-state index is 14.1. The number of thiophene rings is 1. The van der Waals surface area contributed by atoms with E-state index in [1.165, 1.54) is 29.5 Å². The number of carbonyl (C=O) groups is 2. The highest BCUT2D eigenvalue weighted by atomic mass is 32.1. The van der Waals surface area contributed by atoms with Gasteiger partial charge in [0.2, 0.25) is 0 Å². The zero-order valence-electron chi connectivity index (χ0n) is 17.2. The molecule has 4 rings (SSSR count). The number of fused-ring (bicyclic) bond motifs is 1. The lowest BCUT2D eigenvalue weighted by atomic mass is 9.95. The molecule has 5 nitrogen and oxygen atoms in total. The van der Waals surface area contributed by atoms with Gasteiger partial charge in [-0.15, -0.1) is 11.3 Å². The van der Waals surface area contributed by atoms with Crippen LogP contribution in [-0.4, -0.2) is 18.4 Å². The predicted octanol–water partition coefficient (Wildman–Crippen LogP) is 5.67. The molecule has 0 atom stereocenters. The first-order valence-electron chi connectivity index (χ1n) is 10.3. The summed E-state index contributed by atoms with van der Waals surface area (Å²) >= 11 is 1.40. The molecule has 7 heteroatoms. The molecule has 0 spiro atoms. The van der Waals surface area contributed by atoms with Crippen molar-refractivity contribution < 1.29 is 18.7 Å². The Morgan fingerprint density at radius 1 is 1.00 bits per heavy atom. The Morgan fingerprint density at radius 3 is 2.48 bits per heavy atom. The van der Waals surface area contributed by atoms with Gasteiger partial charge in [0.15, 0.2) is 0 Å². The van der Waals surface area contributed by atoms with Crippen LogP contribution in [0.1, 0.15) is 50.9 Å². The van der Waals surface area contributed by atoms with E-state index in [1.54, 1.807) is 30.3 Å². The predicted molar refractivity (Wildman–Crippen MR) is 121 cm³/mol. The largest absolute Gasteiger partial charge is 0.494 e. The molecule has 0 saturated carbocycles. The zero-order chi connectivity index (χ0) is 21.8. The number of carbonyl (C=O) groups excluding carboxylic acids is 2. The summed E-state index contributed by atoms with van der Waals surface area (Å²) in [6, 6.07) is 13.0. The van der Waals surface area contributed by atoms with Gasteiger partial charge in [0.25, 0.3) is 11.8 Å². The summed E-state index contributed by atoms with van der Waals surface area (Å²) in [5, 5.41) is 6.15. The minimum atomic E-state index is -0.596. The molecule has 1 aliphatic rings. The molecular weight excluding hydrogens is 415 g/mol. The molecule has 0 bridgehead atoms. The first kappa shape index (κ1) is 21.1. The van der Waals surface area contributed by atoms with E-state index in [9.17, 15) is 14.0 Å². The SMILES string of the molecule is CCOc1ccc(NC(=O)c2c(NC(=O)c3ccccc3F)sc3c2CCCC3)cc1. The van der Waals surface area contributed by atoms with Crippen molar-refractivity contribution in [3.63, 3.8) is 0 Å². The normalized spacial score (nSPS) is 12.7. The van der Waals surface area contributed by atoms with Crippen LogP contribution in [0.4, 0.5) is 15.1 Å². The Morgan fingerprint density at radius 2 is 1.74 bits per heavy atom. The number of ether oxygens (including phenoxy) is 1. The third kappa shape index (κ3) is 4.61. The van der Waals surface area contributed by atoms with Gasteiger partial charge in [-0.1, -0.05) is 12.1 Å². The number of benzene rings is 2. The van der Waals surface area contributed by atoms with Crippen LogP contribution in [0.15, 0.2) is 48.5 Å². The van der Waals surface area contributed by atoms with Gasteiger partial charge in [0.1, 0.15) is 16.6 Å². The number of amides is 2. The van der Waals surface area contributed by atoms with Gasteiger partial charge >= 0.3 is 0 Å². The average molecular weight is 439 g/mol. The van der Waals surface area contributed by atoms with Crippen LogP contribution >= 0.6 is 11.3 Å². The van der Waals surface area contributed by atoms with Crippen molar-refractivity contribution in [1.82, 2.24) is 0 Å². The lowest BCUT2D eigenvalue weighted by Crippen LogP contribution is -2.19. The molecule has 2 amide bonds. The lowest BCUT2D eigenvalue weighted by Gasteiger charge is -2.13. The van der Waals surface area contributed by atoms with E-state index in [-0.39, 0.29) is 11.5 Å². The summed E-state index contributed by atoms with van der Waals surface area (Å²) in [6.45, 7) is 2.48. The smallest absolute Gasteiger partial charge is 0.259 e. The molecule has 160 valence electrons. The summed E-state index contributed by atoms with van der Waals surface area (Å²) < 4.78 is 19.5. The molecule has 0 unspecified atom stereocenters. The lowest BCUT2D eigenvalue weighted by molar-refractivity contribution is 0.102. The van der Waals surface area contributed by atoms with Crippen LogP contribution in [0.3, 0.4) is 0 Å². The van der Waals surface area contributed by atoms with Crippen molar-refractivity contribution in [2.75, 3.05) is 17.2 Å². The van der Waals surface area contributed by atoms with Crippen LogP contribution in [0, 0.1) is 5.82 Å². The Kier molecular flexibility index (Phi) is 6.32. The van der Waals surface area contributed by atoms with Crippen LogP contribution in [0.5, 0.6) is 5.75 Å². The van der Waals surface area contributed by atoms with Crippen molar-refractivity contribution in [3.8, 4) is 5.75 Å². The fraction of sp³-hybridized carbons (Fsp3) is 0.250. The highest BCUT2D eigenvalue weighted by Gasteiger charge is 2.27. The maximum Gasteiger partial charge on any atom is 0.259 e. The maximum atomic E-state index is 14.1. The van der Waals surface area contributed by atoms with Crippen molar-refractivity contribution in [1.29, 1.82) is 0 Å². The van der Waals surface area contributed by atoms with Crippen molar-refractivity contribution in [2.24, 2.45) is 0 Å². The van der Waals surface area contributed by atoms with Gasteiger partial charge < -0.3 is 15.4 Å². The van der Waals surface area contributed by atoms with E-state index in [2.05, 4.69) is 10.6 Å². The van der Waals surface area contributed by atoms with Gasteiger partial charge in [-0.3, -0.25) is 9.59 Å². The molecule has 3 aromatic rings. The van der Waals surface area contributed by atoms with Crippen molar-refractivity contribution in [3.05, 3.63) is 75.9 Å². The quantitative estimate of drug-likeness (QED) is 0.521. The second kappa shape index (κ2) is 9.31. The fourth-order valence-electron chi connectivity index (χ4n) is 3.70. The molecule has 1 heterocycles. The van der Waals surface area contributed by atoms with E-state index < -0.39 is 11.7 Å². The van der Waals surface area contributed by atoms with Gasteiger partial charge in [0.05, 0.1) is 17.7 Å². The number of rotatable bonds is 6. The summed E-state index contributed by atoms with van der Waals surface area (Å²) in [7, 11) is 0. The van der Waals surface area contributed by atoms with Crippen LogP contribution in [-0.2, 0) is 12.8 Å². The van der Waals surface area contributed by atoms with Crippen molar-refractivity contribution >= 4 is 33.8 Å². The molecule has 0 fully saturated rings. The Hall–Kier alpha value is -3.19. The van der Waals surface area contributed by atoms with E-state index in [4.69, 9.17) is 4.74 Å². The van der Waals surface area contributed by atoms with Crippen molar-refractivity contribution in [2.45, 2.75) is 32.6 Å². The summed E-state index contributed by atoms with van der Waals surface area (Å²) in [6.07, 6.45) is 3.70. The van der Waals surface area contributed by atoms with E-state index in [0.29, 0.717) is 22.9 Å². The molecule has 31 heavy (non-hydrogen) atoms. The number of nitrogens with one attached hydrogen (secondary N) is 2.